The van der Waals surface area contributed by atoms with Crippen molar-refractivity contribution in [2.45, 2.75) is 25.4 Å². The van der Waals surface area contributed by atoms with Crippen molar-refractivity contribution in [2.24, 2.45) is 0 Å². The minimum atomic E-state index is -0.315. The molecule has 1 aromatic carbocycles. The lowest BCUT2D eigenvalue weighted by Gasteiger charge is -2.13. The maximum absolute atomic E-state index is 13.2. The van der Waals surface area contributed by atoms with E-state index in [1.165, 1.54) is 23.5 Å². The lowest BCUT2D eigenvalue weighted by atomic mass is 10.1. The molecule has 1 fully saturated rings. The van der Waals surface area contributed by atoms with Gasteiger partial charge in [-0.1, -0.05) is 12.1 Å². The first-order chi connectivity index (χ1) is 13.0. The summed E-state index contributed by atoms with van der Waals surface area (Å²) in [6, 6.07) is 6.40. The van der Waals surface area contributed by atoms with Gasteiger partial charge in [0.2, 0.25) is 0 Å². The van der Waals surface area contributed by atoms with Crippen LogP contribution in [0, 0.1) is 5.82 Å². The molecule has 0 radical (unpaired) electrons. The SMILES string of the molecule is C[NH+](CC(=O)NC1CC1)Cc1nc2scc(-c3ccc(F)cc3)c2c(=O)[nH]1. The van der Waals surface area contributed by atoms with Gasteiger partial charge in [-0.25, -0.2) is 9.37 Å². The zero-order chi connectivity index (χ0) is 19.0. The van der Waals surface area contributed by atoms with Gasteiger partial charge in [-0.05, 0) is 30.5 Å². The number of quaternary nitrogens is 1. The second kappa shape index (κ2) is 7.21. The number of thiophene rings is 1. The van der Waals surface area contributed by atoms with E-state index < -0.39 is 0 Å². The van der Waals surface area contributed by atoms with E-state index in [2.05, 4.69) is 15.3 Å². The smallest absolute Gasteiger partial charge is 0.275 e. The Labute approximate surface area is 159 Å². The molecule has 0 saturated heterocycles. The number of H-pyrrole nitrogens is 1. The first kappa shape index (κ1) is 17.8. The quantitative estimate of drug-likeness (QED) is 0.592. The topological polar surface area (TPSA) is 79.3 Å². The number of hydrogen-bond acceptors (Lipinski definition) is 4. The zero-order valence-corrected chi connectivity index (χ0v) is 15.7. The van der Waals surface area contributed by atoms with Gasteiger partial charge in [0, 0.05) is 17.0 Å². The number of halogens is 1. The molecule has 0 spiro atoms. The number of aromatic nitrogens is 2. The van der Waals surface area contributed by atoms with Crippen molar-refractivity contribution in [1.29, 1.82) is 0 Å². The van der Waals surface area contributed by atoms with Crippen LogP contribution in [0.15, 0.2) is 34.4 Å². The molecule has 1 atom stereocenters. The number of aromatic amines is 1. The molecular formula is C19H20FN4O2S+. The number of nitrogens with one attached hydrogen (secondary N) is 3. The molecule has 4 rings (SSSR count). The summed E-state index contributed by atoms with van der Waals surface area (Å²) in [6.45, 7) is 0.788. The highest BCUT2D eigenvalue weighted by Gasteiger charge is 2.24. The molecule has 1 unspecified atom stereocenters. The van der Waals surface area contributed by atoms with Gasteiger partial charge in [0.05, 0.1) is 12.4 Å². The molecule has 2 heterocycles. The molecule has 27 heavy (non-hydrogen) atoms. The largest absolute Gasteiger partial charge is 0.348 e. The van der Waals surface area contributed by atoms with Gasteiger partial charge in [-0.2, -0.15) is 0 Å². The number of nitrogens with zero attached hydrogens (tertiary/aromatic N) is 1. The van der Waals surface area contributed by atoms with Crippen molar-refractivity contribution in [3.05, 3.63) is 51.6 Å². The summed E-state index contributed by atoms with van der Waals surface area (Å²) in [5.74, 6) is 0.259. The Balaban J connectivity index is 1.54. The van der Waals surface area contributed by atoms with E-state index >= 15 is 0 Å². The number of hydrogen-bond donors (Lipinski definition) is 3. The number of amides is 1. The van der Waals surface area contributed by atoms with Crippen molar-refractivity contribution in [1.82, 2.24) is 15.3 Å². The van der Waals surface area contributed by atoms with Crippen molar-refractivity contribution < 1.29 is 14.1 Å². The van der Waals surface area contributed by atoms with E-state index in [4.69, 9.17) is 0 Å². The average molecular weight is 387 g/mol. The zero-order valence-electron chi connectivity index (χ0n) is 14.8. The molecule has 1 aliphatic carbocycles. The van der Waals surface area contributed by atoms with Gasteiger partial charge in [0.25, 0.3) is 11.5 Å². The minimum Gasteiger partial charge on any atom is -0.348 e. The van der Waals surface area contributed by atoms with Crippen LogP contribution in [-0.2, 0) is 11.3 Å². The molecule has 1 amide bonds. The molecule has 1 saturated carbocycles. The van der Waals surface area contributed by atoms with Crippen LogP contribution >= 0.6 is 11.3 Å². The van der Waals surface area contributed by atoms with Crippen LogP contribution in [0.1, 0.15) is 18.7 Å². The Hall–Kier alpha value is -2.58. The molecule has 3 N–H and O–H groups in total. The summed E-state index contributed by atoms with van der Waals surface area (Å²) in [6.07, 6.45) is 2.12. The molecule has 1 aliphatic rings. The van der Waals surface area contributed by atoms with Crippen molar-refractivity contribution in [3.8, 4) is 11.1 Å². The van der Waals surface area contributed by atoms with Crippen LogP contribution in [0.2, 0.25) is 0 Å². The maximum Gasteiger partial charge on any atom is 0.275 e. The highest BCUT2D eigenvalue weighted by atomic mass is 32.1. The number of fused-ring (bicyclic) bond motifs is 1. The molecule has 3 aromatic rings. The van der Waals surface area contributed by atoms with Crippen LogP contribution < -0.4 is 15.8 Å². The number of rotatable bonds is 6. The first-order valence-corrected chi connectivity index (χ1v) is 9.74. The van der Waals surface area contributed by atoms with Crippen molar-refractivity contribution in [2.75, 3.05) is 13.6 Å². The Bertz CT molecular complexity index is 1040. The number of likely N-dealkylation sites (N-methyl/N-ethyl adjacent to an activating group) is 1. The second-order valence-corrected chi connectivity index (χ2v) is 7.86. The predicted molar refractivity (Wildman–Crippen MR) is 102 cm³/mol. The van der Waals surface area contributed by atoms with E-state index in [9.17, 15) is 14.0 Å². The first-order valence-electron chi connectivity index (χ1n) is 8.86. The van der Waals surface area contributed by atoms with E-state index in [1.807, 2.05) is 12.4 Å². The van der Waals surface area contributed by atoms with Crippen LogP contribution in [0.25, 0.3) is 21.3 Å². The number of carbonyl (C=O) groups excluding carboxylic acids is 1. The Kier molecular flexibility index (Phi) is 4.75. The Morgan fingerprint density at radius 3 is 2.81 bits per heavy atom. The van der Waals surface area contributed by atoms with Crippen molar-refractivity contribution >= 4 is 27.5 Å². The monoisotopic (exact) mass is 387 g/mol. The lowest BCUT2D eigenvalue weighted by molar-refractivity contribution is -0.886. The van der Waals surface area contributed by atoms with Crippen LogP contribution in [0.5, 0.6) is 0 Å². The third kappa shape index (κ3) is 4.06. The van der Waals surface area contributed by atoms with Gasteiger partial charge >= 0.3 is 0 Å². The summed E-state index contributed by atoms with van der Waals surface area (Å²) in [4.78, 5) is 33.5. The normalized spacial score (nSPS) is 15.0. The average Bonchev–Trinajstić information content (AvgIpc) is 3.31. The maximum atomic E-state index is 13.2. The Morgan fingerprint density at radius 1 is 1.37 bits per heavy atom. The second-order valence-electron chi connectivity index (χ2n) is 7.00. The molecule has 2 aromatic heterocycles. The number of carbonyl (C=O) groups is 1. The lowest BCUT2D eigenvalue weighted by Crippen LogP contribution is -3.09. The summed E-state index contributed by atoms with van der Waals surface area (Å²) in [5, 5.41) is 5.34. The fourth-order valence-corrected chi connectivity index (χ4v) is 4.01. The molecule has 140 valence electrons. The fraction of sp³-hybridized carbons (Fsp3) is 0.316. The minimum absolute atomic E-state index is 0.0214. The predicted octanol–water partition coefficient (Wildman–Crippen LogP) is 1.08. The Morgan fingerprint density at radius 2 is 2.11 bits per heavy atom. The van der Waals surface area contributed by atoms with Gasteiger partial charge in [-0.15, -0.1) is 11.3 Å². The summed E-state index contributed by atoms with van der Waals surface area (Å²) in [5.41, 5.74) is 1.31. The molecular weight excluding hydrogens is 367 g/mol. The van der Waals surface area contributed by atoms with Crippen LogP contribution in [0.4, 0.5) is 4.39 Å². The van der Waals surface area contributed by atoms with E-state index in [0.29, 0.717) is 35.2 Å². The number of benzene rings is 1. The van der Waals surface area contributed by atoms with E-state index in [0.717, 1.165) is 28.9 Å². The molecule has 8 heteroatoms. The third-order valence-corrected chi connectivity index (χ3v) is 5.39. The van der Waals surface area contributed by atoms with Gasteiger partial charge in [0.15, 0.2) is 12.4 Å². The summed E-state index contributed by atoms with van der Waals surface area (Å²) >= 11 is 1.39. The highest BCUT2D eigenvalue weighted by molar-refractivity contribution is 7.17. The standard InChI is InChI=1S/C19H19FN4O2S/c1-24(9-16(25)21-13-6-7-13)8-15-22-18(26)17-14(10-27-19(17)23-15)11-2-4-12(20)5-3-11/h2-5,10,13H,6-9H2,1H3,(H,21,25)(H,22,23,26)/p+1. The van der Waals surface area contributed by atoms with Crippen molar-refractivity contribution in [3.63, 3.8) is 0 Å². The fourth-order valence-electron chi connectivity index (χ4n) is 3.05. The summed E-state index contributed by atoms with van der Waals surface area (Å²) < 4.78 is 13.2. The van der Waals surface area contributed by atoms with Crippen LogP contribution in [0.3, 0.4) is 0 Å². The van der Waals surface area contributed by atoms with E-state index in [-0.39, 0.29) is 17.3 Å². The highest BCUT2D eigenvalue weighted by Crippen LogP contribution is 2.30. The molecule has 0 bridgehead atoms. The third-order valence-electron chi connectivity index (χ3n) is 4.52. The molecule has 6 nitrogen and oxygen atoms in total. The van der Waals surface area contributed by atoms with Gasteiger partial charge in [0.1, 0.15) is 17.2 Å². The van der Waals surface area contributed by atoms with E-state index in [1.54, 1.807) is 12.1 Å². The summed E-state index contributed by atoms with van der Waals surface area (Å²) in [7, 11) is 1.90. The van der Waals surface area contributed by atoms with Gasteiger partial charge < -0.3 is 15.2 Å². The molecule has 0 aliphatic heterocycles. The van der Waals surface area contributed by atoms with Crippen LogP contribution in [-0.4, -0.2) is 35.5 Å². The van der Waals surface area contributed by atoms with Gasteiger partial charge in [-0.3, -0.25) is 9.59 Å².